The minimum Gasteiger partial charge on any atom is -0.855 e. The summed E-state index contributed by atoms with van der Waals surface area (Å²) >= 11 is 0. The number of anilines is 4. The van der Waals surface area contributed by atoms with Gasteiger partial charge in [-0.1, -0.05) is 93.6 Å². The Bertz CT molecular complexity index is 2290. The third kappa shape index (κ3) is 14.2. The number of para-hydroxylation sites is 4. The molecule has 0 spiro atoms. The summed E-state index contributed by atoms with van der Waals surface area (Å²) in [5, 5.41) is 16.5. The van der Waals surface area contributed by atoms with Crippen LogP contribution in [0.3, 0.4) is 0 Å². The van der Waals surface area contributed by atoms with Crippen LogP contribution < -0.4 is 49.0 Å². The predicted octanol–water partition coefficient (Wildman–Crippen LogP) is 5.58. The molecule has 316 valence electrons. The van der Waals surface area contributed by atoms with Gasteiger partial charge < -0.3 is 32.2 Å². The van der Waals surface area contributed by atoms with Gasteiger partial charge in [0.2, 0.25) is 12.7 Å². The summed E-state index contributed by atoms with van der Waals surface area (Å²) in [5.74, 6) is 1.65. The molecule has 17 heteroatoms. The summed E-state index contributed by atoms with van der Waals surface area (Å²) in [7, 11) is -6.00. The number of fused-ring (bicyclic) bond motifs is 2. The molecule has 1 unspecified atom stereocenters. The average molecular weight is 849 g/mol. The Morgan fingerprint density at radius 1 is 0.656 bits per heavy atom. The van der Waals surface area contributed by atoms with Crippen LogP contribution in [0.1, 0.15) is 46.0 Å². The number of nitrogens with zero attached hydrogens (tertiary/aromatic N) is 8. The molecule has 7 aromatic rings. The normalized spacial score (nSPS) is 12.5. The van der Waals surface area contributed by atoms with Crippen LogP contribution in [0.2, 0.25) is 0 Å². The van der Waals surface area contributed by atoms with Gasteiger partial charge in [-0.25, -0.2) is 19.5 Å². The van der Waals surface area contributed by atoms with Gasteiger partial charge in [0.15, 0.2) is 11.6 Å². The fourth-order valence-corrected chi connectivity index (χ4v) is 5.90. The minimum absolute atomic E-state index is 0. The molecule has 0 bridgehead atoms. The molecular formula is C44H50BF4N8NaO3. The summed E-state index contributed by atoms with van der Waals surface area (Å²) in [4.78, 5) is 23.3. The number of ether oxygens (including phenoxy) is 1. The fourth-order valence-electron chi connectivity index (χ4n) is 5.90. The molecule has 0 radical (unpaired) electrons. The summed E-state index contributed by atoms with van der Waals surface area (Å²) in [6.45, 7) is 10.3. The number of imidazole rings is 1. The fraction of sp³-hybridized carbons (Fsp3) is 0.250. The Balaban J connectivity index is 0.000000260. The molecule has 1 atom stereocenters. The van der Waals surface area contributed by atoms with E-state index >= 15 is 0 Å². The van der Waals surface area contributed by atoms with Crippen molar-refractivity contribution in [2.75, 3.05) is 29.6 Å². The molecule has 4 aromatic carbocycles. The summed E-state index contributed by atoms with van der Waals surface area (Å²) in [6.07, 6.45) is 7.15. The number of hydrogen-bond acceptors (Lipinski definition) is 9. The summed E-state index contributed by atoms with van der Waals surface area (Å²) in [5.41, 5.74) is 7.91. The smallest absolute Gasteiger partial charge is 0.855 e. The zero-order chi connectivity index (χ0) is 43.5. The second-order valence-corrected chi connectivity index (χ2v) is 12.5. The third-order valence-electron chi connectivity index (χ3n) is 8.33. The number of aliphatic hydroxyl groups is 1. The number of aryl methyl sites for hydroxylation is 2. The number of hydrogen-bond donors (Lipinski definition) is 1. The predicted molar refractivity (Wildman–Crippen MR) is 227 cm³/mol. The van der Waals surface area contributed by atoms with Gasteiger partial charge in [0.25, 0.3) is 5.65 Å². The van der Waals surface area contributed by atoms with Crippen LogP contribution in [-0.2, 0) is 17.6 Å². The molecule has 3 aromatic heterocycles. The first kappa shape index (κ1) is 50.1. The third-order valence-corrected chi connectivity index (χ3v) is 8.33. The molecule has 0 fully saturated rings. The molecule has 11 nitrogen and oxygen atoms in total. The minimum atomic E-state index is -6.00. The first-order valence-corrected chi connectivity index (χ1v) is 19.6. The number of aliphatic hydroxyl groups excluding tert-OH is 1. The van der Waals surface area contributed by atoms with E-state index in [1.807, 2.05) is 92.1 Å². The Kier molecular flexibility index (Phi) is 21.0. The molecule has 4 heterocycles. The van der Waals surface area contributed by atoms with Gasteiger partial charge in [-0.15, -0.1) is 11.6 Å². The van der Waals surface area contributed by atoms with E-state index in [-0.39, 0.29) is 49.1 Å². The summed E-state index contributed by atoms with van der Waals surface area (Å²) in [6, 6.07) is 40.9. The first-order valence-electron chi connectivity index (χ1n) is 19.6. The Hall–Kier alpha value is -5.23. The average Bonchev–Trinajstić information content (AvgIpc) is 3.80. The maximum Gasteiger partial charge on any atom is 1.00 e. The Morgan fingerprint density at radius 3 is 1.52 bits per heavy atom. The Labute approximate surface area is 376 Å². The van der Waals surface area contributed by atoms with Crippen LogP contribution in [0.4, 0.5) is 40.3 Å². The van der Waals surface area contributed by atoms with Crippen molar-refractivity contribution in [1.29, 1.82) is 0 Å². The largest absolute Gasteiger partial charge is 1.00 e. The van der Waals surface area contributed by atoms with Gasteiger partial charge in [0.05, 0.1) is 17.6 Å². The SMILES string of the molecule is CCO.CCOC1N(c2ccccc2)c2ncc(CC)nc2N1c1ccccc1.CC[O-].CCc1cnc2c(n1)n(-c1ccccc1)c[n+]2-c1ccccc1.F[B-](F)(F)F.[Na+]. The van der Waals surface area contributed by atoms with Gasteiger partial charge in [-0.05, 0) is 75.2 Å². The van der Waals surface area contributed by atoms with Crippen molar-refractivity contribution >= 4 is 41.6 Å². The van der Waals surface area contributed by atoms with Crippen molar-refractivity contribution < 1.29 is 66.3 Å². The van der Waals surface area contributed by atoms with Gasteiger partial charge in [-0.2, -0.15) is 4.57 Å². The van der Waals surface area contributed by atoms with Crippen LogP contribution in [0, 0.1) is 0 Å². The van der Waals surface area contributed by atoms with Gasteiger partial charge >= 0.3 is 42.5 Å². The second kappa shape index (κ2) is 25.5. The zero-order valence-electron chi connectivity index (χ0n) is 35.3. The van der Waals surface area contributed by atoms with E-state index in [1.54, 1.807) is 13.8 Å². The van der Waals surface area contributed by atoms with E-state index < -0.39 is 7.25 Å². The number of rotatable bonds is 8. The van der Waals surface area contributed by atoms with Crippen molar-refractivity contribution in [3.8, 4) is 11.4 Å². The van der Waals surface area contributed by atoms with E-state index in [0.29, 0.717) is 6.61 Å². The van der Waals surface area contributed by atoms with Crippen molar-refractivity contribution in [3.05, 3.63) is 151 Å². The number of aromatic nitrogens is 6. The van der Waals surface area contributed by atoms with Crippen LogP contribution in [0.15, 0.2) is 140 Å². The number of benzene rings is 4. The van der Waals surface area contributed by atoms with Gasteiger partial charge in [0, 0.05) is 24.6 Å². The summed E-state index contributed by atoms with van der Waals surface area (Å²) < 4.78 is 49.3. The Morgan fingerprint density at radius 2 is 1.07 bits per heavy atom. The van der Waals surface area contributed by atoms with E-state index in [4.69, 9.17) is 29.9 Å². The number of halogens is 4. The van der Waals surface area contributed by atoms with Crippen LogP contribution in [0.5, 0.6) is 0 Å². The van der Waals surface area contributed by atoms with Gasteiger partial charge in [-0.3, -0.25) is 9.80 Å². The quantitative estimate of drug-likeness (QED) is 0.119. The zero-order valence-corrected chi connectivity index (χ0v) is 37.3. The van der Waals surface area contributed by atoms with Crippen LogP contribution in [0.25, 0.3) is 22.7 Å². The first-order chi connectivity index (χ1) is 29.0. The molecule has 0 saturated heterocycles. The maximum absolute atomic E-state index is 9.75. The van der Waals surface area contributed by atoms with Crippen LogP contribution >= 0.6 is 0 Å². The van der Waals surface area contributed by atoms with E-state index in [1.165, 1.54) is 0 Å². The second-order valence-electron chi connectivity index (χ2n) is 12.5. The molecule has 8 rings (SSSR count). The van der Waals surface area contributed by atoms with E-state index in [9.17, 15) is 17.3 Å². The maximum atomic E-state index is 9.75. The van der Waals surface area contributed by atoms with Crippen molar-refractivity contribution in [2.24, 2.45) is 0 Å². The standard InChI is InChI=1S/C21H22N4O.C19H17N4.C2H6O.C2H5O.BF4.Na/c1-3-16-15-22-19-20(23-16)25(18-13-9-6-10-14-18)21(26-4-2)24(19)17-11-7-5-8-12-17;1-2-15-13-20-18-19(21-15)23(17-11-7-4-8-12-17)14-22(18)16-9-5-3-6-10-16;2*1-2-3;2-1(3,4)5;/h5-15,21H,3-4H2,1-2H3;3-14H,2H2,1H3;3H,2H2,1H3;2H2,1H3;;/q;+1;;2*-1;+1. The molecule has 1 aliphatic rings. The molecule has 0 aliphatic carbocycles. The van der Waals surface area contributed by atoms with Crippen molar-refractivity contribution in [1.82, 2.24) is 24.5 Å². The van der Waals surface area contributed by atoms with E-state index in [2.05, 4.69) is 92.6 Å². The van der Waals surface area contributed by atoms with E-state index in [0.717, 1.165) is 69.9 Å². The van der Waals surface area contributed by atoms with Crippen LogP contribution in [-0.4, -0.2) is 63.0 Å². The van der Waals surface area contributed by atoms with Crippen molar-refractivity contribution in [2.45, 2.75) is 53.8 Å². The topological polar surface area (TPSA) is 119 Å². The molecule has 61 heavy (non-hydrogen) atoms. The monoisotopic (exact) mass is 848 g/mol. The molecule has 1 N–H and O–H groups in total. The molecule has 0 amide bonds. The molecular weight excluding hydrogens is 798 g/mol. The van der Waals surface area contributed by atoms with Crippen molar-refractivity contribution in [3.63, 3.8) is 0 Å². The molecule has 0 saturated carbocycles. The molecule has 1 aliphatic heterocycles. The van der Waals surface area contributed by atoms with Gasteiger partial charge in [0.1, 0.15) is 17.6 Å².